The second-order valence-electron chi connectivity index (χ2n) is 7.62. The fourth-order valence-electron chi connectivity index (χ4n) is 3.26. The summed E-state index contributed by atoms with van der Waals surface area (Å²) in [5.41, 5.74) is 5.92. The van der Waals surface area contributed by atoms with Gasteiger partial charge < -0.3 is 21.0 Å². The number of carbonyl (C=O) groups excluding carboxylic acids is 1. The molecule has 4 atom stereocenters. The van der Waals surface area contributed by atoms with Crippen LogP contribution in [0.4, 0.5) is 0 Å². The van der Waals surface area contributed by atoms with Crippen molar-refractivity contribution in [1.29, 1.82) is 0 Å². The molecule has 1 fully saturated rings. The highest BCUT2D eigenvalue weighted by molar-refractivity contribution is 5.73. The predicted octanol–water partition coefficient (Wildman–Crippen LogP) is 1.96. The van der Waals surface area contributed by atoms with E-state index in [2.05, 4.69) is 32.2 Å². The number of hydrogen-bond acceptors (Lipinski definition) is 4. The number of carboxylic acid groups (broad SMARTS) is 1. The zero-order valence-corrected chi connectivity index (χ0v) is 14.1. The molecule has 0 heterocycles. The van der Waals surface area contributed by atoms with E-state index in [1.807, 2.05) is 13.0 Å². The van der Waals surface area contributed by atoms with Crippen LogP contribution >= 0.6 is 0 Å². The molecule has 1 rings (SSSR count). The molecule has 4 N–H and O–H groups in total. The Morgan fingerprint density at radius 2 is 2.18 bits per heavy atom. The van der Waals surface area contributed by atoms with E-state index in [-0.39, 0.29) is 11.8 Å². The van der Waals surface area contributed by atoms with Crippen molar-refractivity contribution in [2.45, 2.75) is 58.5 Å². The van der Waals surface area contributed by atoms with E-state index in [4.69, 9.17) is 10.8 Å². The molecule has 0 aromatic carbocycles. The number of aldehydes is 1. The Bertz CT molecular complexity index is 430. The summed E-state index contributed by atoms with van der Waals surface area (Å²) in [6.45, 7) is 9.08. The second-order valence-corrected chi connectivity index (χ2v) is 7.62. The molecule has 0 aromatic heterocycles. The summed E-state index contributed by atoms with van der Waals surface area (Å²) >= 11 is 0. The fraction of sp³-hybridized carbons (Fsp3) is 0.765. The molecule has 5 nitrogen and oxygen atoms in total. The van der Waals surface area contributed by atoms with Crippen molar-refractivity contribution in [3.63, 3.8) is 0 Å². The lowest BCUT2D eigenvalue weighted by molar-refractivity contribution is -0.138. The maximum absolute atomic E-state index is 10.9. The molecular formula is C17H30N2O3. The summed E-state index contributed by atoms with van der Waals surface area (Å²) in [4.78, 5) is 21.5. The summed E-state index contributed by atoms with van der Waals surface area (Å²) in [5, 5.41) is 11.7. The first kappa shape index (κ1) is 18.8. The van der Waals surface area contributed by atoms with Crippen molar-refractivity contribution in [2.24, 2.45) is 23.0 Å². The van der Waals surface area contributed by atoms with Gasteiger partial charge in [0.15, 0.2) is 0 Å². The third-order valence-corrected chi connectivity index (χ3v) is 4.75. The van der Waals surface area contributed by atoms with Crippen LogP contribution in [0.3, 0.4) is 0 Å². The van der Waals surface area contributed by atoms with Gasteiger partial charge in [-0.25, -0.2) is 0 Å². The smallest absolute Gasteiger partial charge is 0.305 e. The van der Waals surface area contributed by atoms with Crippen molar-refractivity contribution < 1.29 is 14.7 Å². The zero-order valence-electron chi connectivity index (χ0n) is 14.1. The molecule has 1 aliphatic carbocycles. The van der Waals surface area contributed by atoms with Gasteiger partial charge in [0, 0.05) is 12.1 Å². The van der Waals surface area contributed by atoms with Gasteiger partial charge >= 0.3 is 5.97 Å². The number of hydrogen-bond donors (Lipinski definition) is 3. The number of nitrogens with one attached hydrogen (secondary N) is 1. The molecule has 0 saturated heterocycles. The van der Waals surface area contributed by atoms with Gasteiger partial charge in [-0.05, 0) is 37.0 Å². The standard InChI is InChI=1S/C17H30N2O3/c1-12-5-7-16(2,3)14(12)6-8-17(4,18)11-19-13(10-20)9-15(21)22/h6,8,10,12-14,19H,5,7,9,11,18H2,1-4H3,(H,21,22)/t12?,13-,14?,17?/m1/s1. The van der Waals surface area contributed by atoms with Crippen molar-refractivity contribution in [2.75, 3.05) is 6.54 Å². The van der Waals surface area contributed by atoms with Gasteiger partial charge in [-0.1, -0.05) is 32.9 Å². The Morgan fingerprint density at radius 3 is 2.64 bits per heavy atom. The van der Waals surface area contributed by atoms with Gasteiger partial charge in [-0.2, -0.15) is 0 Å². The average Bonchev–Trinajstić information content (AvgIpc) is 2.66. The highest BCUT2D eigenvalue weighted by Crippen LogP contribution is 2.47. The number of allylic oxidation sites excluding steroid dienone is 1. The molecule has 0 spiro atoms. The minimum absolute atomic E-state index is 0.226. The molecule has 0 aromatic rings. The van der Waals surface area contributed by atoms with Gasteiger partial charge in [-0.15, -0.1) is 0 Å². The van der Waals surface area contributed by atoms with Gasteiger partial charge in [0.1, 0.15) is 6.29 Å². The minimum atomic E-state index is -1.000. The Hall–Kier alpha value is -1.20. The number of nitrogens with two attached hydrogens (primary N) is 1. The van der Waals surface area contributed by atoms with Crippen LogP contribution in [0, 0.1) is 17.3 Å². The summed E-state index contributed by atoms with van der Waals surface area (Å²) < 4.78 is 0. The maximum Gasteiger partial charge on any atom is 0.305 e. The monoisotopic (exact) mass is 310 g/mol. The van der Waals surface area contributed by atoms with Crippen molar-refractivity contribution in [3.8, 4) is 0 Å². The number of aliphatic carboxylic acids is 1. The Morgan fingerprint density at radius 1 is 1.55 bits per heavy atom. The van der Waals surface area contributed by atoms with E-state index in [1.54, 1.807) is 0 Å². The maximum atomic E-state index is 10.9. The number of carboxylic acids is 1. The molecule has 0 radical (unpaired) electrons. The van der Waals surface area contributed by atoms with Gasteiger partial charge in [0.25, 0.3) is 0 Å². The Labute approximate surface area is 133 Å². The quantitative estimate of drug-likeness (QED) is 0.471. The second kappa shape index (κ2) is 7.38. The molecule has 1 aliphatic rings. The Kier molecular flexibility index (Phi) is 6.32. The molecule has 3 unspecified atom stereocenters. The topological polar surface area (TPSA) is 92.4 Å². The van der Waals surface area contributed by atoms with Gasteiger partial charge in [-0.3, -0.25) is 4.79 Å². The van der Waals surface area contributed by atoms with Crippen molar-refractivity contribution in [1.82, 2.24) is 5.32 Å². The van der Waals surface area contributed by atoms with E-state index < -0.39 is 17.6 Å². The van der Waals surface area contributed by atoms with Crippen LogP contribution in [0.25, 0.3) is 0 Å². The Balaban J connectivity index is 2.60. The lowest BCUT2D eigenvalue weighted by Gasteiger charge is -2.29. The molecule has 5 heteroatoms. The van der Waals surface area contributed by atoms with Crippen LogP contribution in [0.15, 0.2) is 12.2 Å². The summed E-state index contributed by atoms with van der Waals surface area (Å²) in [6.07, 6.45) is 7.04. The molecule has 0 aliphatic heterocycles. The van der Waals surface area contributed by atoms with E-state index in [0.29, 0.717) is 24.7 Å². The van der Waals surface area contributed by atoms with Crippen LogP contribution in [-0.4, -0.2) is 35.5 Å². The van der Waals surface area contributed by atoms with E-state index in [0.717, 1.165) is 0 Å². The molecule has 22 heavy (non-hydrogen) atoms. The molecule has 0 bridgehead atoms. The van der Waals surface area contributed by atoms with Crippen LogP contribution in [-0.2, 0) is 9.59 Å². The molecule has 1 saturated carbocycles. The first-order valence-corrected chi connectivity index (χ1v) is 7.96. The average molecular weight is 310 g/mol. The lowest BCUT2D eigenvalue weighted by atomic mass is 9.78. The van der Waals surface area contributed by atoms with Crippen molar-refractivity contribution in [3.05, 3.63) is 12.2 Å². The fourth-order valence-corrected chi connectivity index (χ4v) is 3.26. The normalized spacial score (nSPS) is 28.4. The van der Waals surface area contributed by atoms with E-state index in [9.17, 15) is 9.59 Å². The van der Waals surface area contributed by atoms with Crippen LogP contribution in [0.2, 0.25) is 0 Å². The first-order chi connectivity index (χ1) is 10.1. The van der Waals surface area contributed by atoms with Gasteiger partial charge in [0.2, 0.25) is 0 Å². The van der Waals surface area contributed by atoms with Crippen LogP contribution < -0.4 is 11.1 Å². The summed E-state index contributed by atoms with van der Waals surface area (Å²) in [5.74, 6) is 0.140. The van der Waals surface area contributed by atoms with Crippen LogP contribution in [0.5, 0.6) is 0 Å². The third-order valence-electron chi connectivity index (χ3n) is 4.75. The van der Waals surface area contributed by atoms with E-state index in [1.165, 1.54) is 12.8 Å². The zero-order chi connectivity index (χ0) is 17.0. The minimum Gasteiger partial charge on any atom is -0.481 e. The molecular weight excluding hydrogens is 280 g/mol. The number of carbonyl (C=O) groups is 2. The van der Waals surface area contributed by atoms with Crippen LogP contribution in [0.1, 0.15) is 47.0 Å². The summed E-state index contributed by atoms with van der Waals surface area (Å²) in [7, 11) is 0. The highest BCUT2D eigenvalue weighted by atomic mass is 16.4. The van der Waals surface area contributed by atoms with Gasteiger partial charge in [0.05, 0.1) is 12.5 Å². The largest absolute Gasteiger partial charge is 0.481 e. The molecule has 0 amide bonds. The third kappa shape index (κ3) is 5.54. The first-order valence-electron chi connectivity index (χ1n) is 7.96. The lowest BCUT2D eigenvalue weighted by Crippen LogP contribution is -2.48. The SMILES string of the molecule is CC1CCC(C)(C)C1C=CC(C)(N)CN[C@@H](C=O)CC(=O)O. The summed E-state index contributed by atoms with van der Waals surface area (Å²) in [6, 6.07) is -0.698. The molecule has 126 valence electrons. The predicted molar refractivity (Wildman–Crippen MR) is 87.5 cm³/mol. The van der Waals surface area contributed by atoms with E-state index >= 15 is 0 Å². The highest BCUT2D eigenvalue weighted by Gasteiger charge is 2.38. The number of rotatable bonds is 8. The van der Waals surface area contributed by atoms with Crippen molar-refractivity contribution >= 4 is 12.3 Å².